The van der Waals surface area contributed by atoms with Crippen LogP contribution in [0, 0.1) is 5.92 Å². The van der Waals surface area contributed by atoms with Crippen molar-refractivity contribution < 1.29 is 9.53 Å². The van der Waals surface area contributed by atoms with Gasteiger partial charge in [0.1, 0.15) is 6.61 Å². The van der Waals surface area contributed by atoms with Crippen molar-refractivity contribution in [1.82, 2.24) is 4.90 Å². The zero-order chi connectivity index (χ0) is 13.1. The first kappa shape index (κ1) is 12.7. The van der Waals surface area contributed by atoms with Gasteiger partial charge in [-0.05, 0) is 18.6 Å². The Morgan fingerprint density at radius 2 is 2.11 bits per heavy atom. The van der Waals surface area contributed by atoms with E-state index in [1.165, 1.54) is 5.56 Å². The number of rotatable bonds is 3. The molecule has 1 fully saturated rings. The fraction of sp³-hybridized carbons (Fsp3) is 0.400. The average molecular weight is 245 g/mol. The first-order valence-corrected chi connectivity index (χ1v) is 6.28. The molecular weight excluding hydrogens is 226 g/mol. The summed E-state index contributed by atoms with van der Waals surface area (Å²) in [4.78, 5) is 13.8. The second-order valence-corrected chi connectivity index (χ2v) is 4.91. The third kappa shape index (κ3) is 2.55. The van der Waals surface area contributed by atoms with E-state index < -0.39 is 0 Å². The Hall–Kier alpha value is -1.77. The summed E-state index contributed by atoms with van der Waals surface area (Å²) in [6.45, 7) is 8.14. The van der Waals surface area contributed by atoms with E-state index in [0.29, 0.717) is 12.5 Å². The lowest BCUT2D eigenvalue weighted by molar-refractivity contribution is -0.133. The number of carbonyl (C=O) groups is 1. The molecule has 1 aliphatic heterocycles. The van der Waals surface area contributed by atoms with Gasteiger partial charge in [-0.3, -0.25) is 9.69 Å². The van der Waals surface area contributed by atoms with Crippen LogP contribution in [0.2, 0.25) is 0 Å². The molecule has 3 nitrogen and oxygen atoms in total. The Bertz CT molecular complexity index is 439. The minimum Gasteiger partial charge on any atom is -0.477 e. The molecule has 1 amide bonds. The summed E-state index contributed by atoms with van der Waals surface area (Å²) < 4.78 is 5.43. The van der Waals surface area contributed by atoms with Gasteiger partial charge in [0.25, 0.3) is 0 Å². The largest absolute Gasteiger partial charge is 0.477 e. The van der Waals surface area contributed by atoms with Crippen LogP contribution < -0.4 is 0 Å². The molecule has 0 spiro atoms. The van der Waals surface area contributed by atoms with E-state index >= 15 is 0 Å². The number of ether oxygens (including phenoxy) is 1. The summed E-state index contributed by atoms with van der Waals surface area (Å²) in [5.41, 5.74) is 1.21. The normalized spacial score (nSPS) is 19.2. The summed E-state index contributed by atoms with van der Waals surface area (Å²) in [7, 11) is 0. The Balaban J connectivity index is 2.12. The lowest BCUT2D eigenvalue weighted by Crippen LogP contribution is -2.39. The smallest absolute Gasteiger partial charge is 0.232 e. The molecule has 1 atom stereocenters. The first-order valence-electron chi connectivity index (χ1n) is 6.28. The Labute approximate surface area is 108 Å². The molecule has 0 bridgehead atoms. The van der Waals surface area contributed by atoms with Crippen LogP contribution in [0.25, 0.3) is 0 Å². The van der Waals surface area contributed by atoms with Gasteiger partial charge in [0.15, 0.2) is 5.88 Å². The van der Waals surface area contributed by atoms with Crippen LogP contribution in [0.4, 0.5) is 0 Å². The van der Waals surface area contributed by atoms with E-state index in [4.69, 9.17) is 4.74 Å². The van der Waals surface area contributed by atoms with E-state index in [-0.39, 0.29) is 17.9 Å². The zero-order valence-electron chi connectivity index (χ0n) is 10.9. The lowest BCUT2D eigenvalue weighted by atomic mass is 10.0. The Kier molecular flexibility index (Phi) is 3.70. The number of hydrogen-bond donors (Lipinski definition) is 0. The molecule has 2 rings (SSSR count). The maximum absolute atomic E-state index is 12.1. The quantitative estimate of drug-likeness (QED) is 0.819. The minimum atomic E-state index is -0.0401. The molecule has 1 aromatic rings. The highest BCUT2D eigenvalue weighted by molar-refractivity contribution is 5.80. The fourth-order valence-electron chi connectivity index (χ4n) is 2.16. The average Bonchev–Trinajstić information content (AvgIpc) is 2.71. The predicted molar refractivity (Wildman–Crippen MR) is 70.7 cm³/mol. The van der Waals surface area contributed by atoms with Gasteiger partial charge < -0.3 is 4.74 Å². The molecule has 1 aromatic carbocycles. The maximum Gasteiger partial charge on any atom is 0.232 e. The van der Waals surface area contributed by atoms with Crippen molar-refractivity contribution in [3.8, 4) is 0 Å². The summed E-state index contributed by atoms with van der Waals surface area (Å²) in [6, 6.07) is 10.2. The monoisotopic (exact) mass is 245 g/mol. The van der Waals surface area contributed by atoms with Crippen LogP contribution in [0.3, 0.4) is 0 Å². The topological polar surface area (TPSA) is 29.5 Å². The molecule has 1 heterocycles. The molecule has 3 heteroatoms. The molecular formula is C15H19NO2. The summed E-state index contributed by atoms with van der Waals surface area (Å²) in [6.07, 6.45) is 0.804. The highest BCUT2D eigenvalue weighted by Gasteiger charge is 2.34. The van der Waals surface area contributed by atoms with Gasteiger partial charge >= 0.3 is 0 Å². The van der Waals surface area contributed by atoms with Crippen LogP contribution >= 0.6 is 0 Å². The maximum atomic E-state index is 12.1. The third-order valence-corrected chi connectivity index (χ3v) is 3.12. The van der Waals surface area contributed by atoms with Gasteiger partial charge in [0.05, 0.1) is 6.04 Å². The SMILES string of the molecule is C=C1OCC(Cc2ccccc2)N1C(=O)C(C)C. The summed E-state index contributed by atoms with van der Waals surface area (Å²) in [5, 5.41) is 0. The molecule has 0 N–H and O–H groups in total. The van der Waals surface area contributed by atoms with E-state index in [2.05, 4.69) is 18.7 Å². The third-order valence-electron chi connectivity index (χ3n) is 3.12. The molecule has 0 saturated carbocycles. The van der Waals surface area contributed by atoms with Gasteiger partial charge in [-0.2, -0.15) is 0 Å². The zero-order valence-corrected chi connectivity index (χ0v) is 10.9. The van der Waals surface area contributed by atoms with Crippen molar-refractivity contribution in [1.29, 1.82) is 0 Å². The van der Waals surface area contributed by atoms with Crippen LogP contribution in [0.1, 0.15) is 19.4 Å². The fourth-order valence-corrected chi connectivity index (χ4v) is 2.16. The van der Waals surface area contributed by atoms with Crippen molar-refractivity contribution in [3.63, 3.8) is 0 Å². The molecule has 1 unspecified atom stereocenters. The van der Waals surface area contributed by atoms with E-state index in [0.717, 1.165) is 6.42 Å². The van der Waals surface area contributed by atoms with Gasteiger partial charge in [0.2, 0.25) is 5.91 Å². The van der Waals surface area contributed by atoms with E-state index in [1.54, 1.807) is 4.90 Å². The highest BCUT2D eigenvalue weighted by atomic mass is 16.5. The van der Waals surface area contributed by atoms with E-state index in [9.17, 15) is 4.79 Å². The number of benzene rings is 1. The molecule has 1 aliphatic rings. The van der Waals surface area contributed by atoms with Gasteiger partial charge in [-0.1, -0.05) is 44.2 Å². The lowest BCUT2D eigenvalue weighted by Gasteiger charge is -2.23. The van der Waals surface area contributed by atoms with Gasteiger partial charge in [0, 0.05) is 5.92 Å². The molecule has 0 radical (unpaired) electrons. The van der Waals surface area contributed by atoms with Crippen LogP contribution in [-0.4, -0.2) is 23.5 Å². The van der Waals surface area contributed by atoms with Crippen molar-refractivity contribution >= 4 is 5.91 Å². The number of hydrogen-bond acceptors (Lipinski definition) is 2. The summed E-state index contributed by atoms with van der Waals surface area (Å²) in [5.74, 6) is 0.523. The summed E-state index contributed by atoms with van der Waals surface area (Å²) >= 11 is 0. The second-order valence-electron chi connectivity index (χ2n) is 4.91. The Morgan fingerprint density at radius 1 is 1.44 bits per heavy atom. The predicted octanol–water partition coefficient (Wildman–Crippen LogP) is 2.58. The second kappa shape index (κ2) is 5.25. The standard InChI is InChI=1S/C15H19NO2/c1-11(2)15(17)16-12(3)18-10-14(16)9-13-7-5-4-6-8-13/h4-8,11,14H,3,9-10H2,1-2H3. The van der Waals surface area contributed by atoms with Crippen molar-refractivity contribution in [2.45, 2.75) is 26.3 Å². The molecule has 18 heavy (non-hydrogen) atoms. The number of amides is 1. The van der Waals surface area contributed by atoms with Gasteiger partial charge in [-0.15, -0.1) is 0 Å². The highest BCUT2D eigenvalue weighted by Crippen LogP contribution is 2.24. The van der Waals surface area contributed by atoms with Gasteiger partial charge in [-0.25, -0.2) is 0 Å². The van der Waals surface area contributed by atoms with Crippen LogP contribution in [-0.2, 0) is 16.0 Å². The molecule has 1 saturated heterocycles. The molecule has 96 valence electrons. The van der Waals surface area contributed by atoms with Crippen molar-refractivity contribution in [2.75, 3.05) is 6.61 Å². The first-order chi connectivity index (χ1) is 8.59. The molecule has 0 aliphatic carbocycles. The minimum absolute atomic E-state index is 0.0401. The Morgan fingerprint density at radius 3 is 2.72 bits per heavy atom. The van der Waals surface area contributed by atoms with Crippen molar-refractivity contribution in [3.05, 3.63) is 48.4 Å². The molecule has 0 aromatic heterocycles. The van der Waals surface area contributed by atoms with Crippen molar-refractivity contribution in [2.24, 2.45) is 5.92 Å². The number of nitrogens with zero attached hydrogens (tertiary/aromatic N) is 1. The number of carbonyl (C=O) groups excluding carboxylic acids is 1. The van der Waals surface area contributed by atoms with Crippen LogP contribution in [0.15, 0.2) is 42.8 Å². The van der Waals surface area contributed by atoms with Crippen LogP contribution in [0.5, 0.6) is 0 Å². The van der Waals surface area contributed by atoms with E-state index in [1.807, 2.05) is 32.0 Å².